The van der Waals surface area contributed by atoms with Crippen molar-refractivity contribution in [1.82, 2.24) is 19.9 Å². The predicted octanol–water partition coefficient (Wildman–Crippen LogP) is 2.05. The molecule has 0 saturated carbocycles. The maximum absolute atomic E-state index is 12.8. The second-order valence-electron chi connectivity index (χ2n) is 5.11. The molecule has 4 heterocycles. The molecule has 21 heavy (non-hydrogen) atoms. The van der Waals surface area contributed by atoms with Crippen LogP contribution in [-0.4, -0.2) is 27.6 Å². The van der Waals surface area contributed by atoms with Crippen molar-refractivity contribution in [1.29, 1.82) is 0 Å². The molecule has 3 aromatic rings. The summed E-state index contributed by atoms with van der Waals surface area (Å²) in [5.74, 6) is 0.667. The molecular weight excluding hydrogens is 284 g/mol. The SMILES string of the molecule is O=c1c2sccc2nc(-c2ccccn2)n1C1CCNC1. The Hall–Kier alpha value is -2.05. The molecule has 0 aliphatic carbocycles. The number of hydrogen-bond donors (Lipinski definition) is 1. The standard InChI is InChI=1S/C15H14N4OS/c20-15-13-11(5-8-21-13)18-14(12-3-1-2-6-17-12)19(15)10-4-7-16-9-10/h1-3,5-6,8,10,16H,4,7,9H2. The highest BCUT2D eigenvalue weighted by molar-refractivity contribution is 7.17. The summed E-state index contributed by atoms with van der Waals surface area (Å²) in [6.07, 6.45) is 2.68. The van der Waals surface area contributed by atoms with Gasteiger partial charge >= 0.3 is 0 Å². The van der Waals surface area contributed by atoms with Crippen LogP contribution in [-0.2, 0) is 0 Å². The molecule has 0 radical (unpaired) electrons. The van der Waals surface area contributed by atoms with Crippen molar-refractivity contribution in [2.24, 2.45) is 0 Å². The molecule has 1 N–H and O–H groups in total. The molecule has 5 nitrogen and oxygen atoms in total. The zero-order chi connectivity index (χ0) is 14.2. The fourth-order valence-corrected chi connectivity index (χ4v) is 3.57. The minimum absolute atomic E-state index is 0.0457. The number of thiophene rings is 1. The van der Waals surface area contributed by atoms with Gasteiger partial charge in [-0.05, 0) is 36.5 Å². The van der Waals surface area contributed by atoms with Crippen molar-refractivity contribution in [3.63, 3.8) is 0 Å². The zero-order valence-corrected chi connectivity index (χ0v) is 12.1. The summed E-state index contributed by atoms with van der Waals surface area (Å²) >= 11 is 1.45. The van der Waals surface area contributed by atoms with Crippen LogP contribution in [0.2, 0.25) is 0 Å². The molecule has 3 aromatic heterocycles. The molecule has 0 amide bonds. The van der Waals surface area contributed by atoms with Crippen LogP contribution in [0.4, 0.5) is 0 Å². The lowest BCUT2D eigenvalue weighted by Crippen LogP contribution is -2.28. The molecular formula is C15H14N4OS. The van der Waals surface area contributed by atoms with Gasteiger partial charge in [-0.2, -0.15) is 0 Å². The Kier molecular flexibility index (Phi) is 3.05. The molecule has 0 spiro atoms. The van der Waals surface area contributed by atoms with Gasteiger partial charge in [0.15, 0.2) is 5.82 Å². The summed E-state index contributed by atoms with van der Waals surface area (Å²) in [6, 6.07) is 7.73. The molecule has 1 saturated heterocycles. The Labute approximate surface area is 125 Å². The first kappa shape index (κ1) is 12.7. The Morgan fingerprint density at radius 2 is 2.29 bits per heavy atom. The van der Waals surface area contributed by atoms with Crippen LogP contribution >= 0.6 is 11.3 Å². The van der Waals surface area contributed by atoms with E-state index in [-0.39, 0.29) is 11.6 Å². The fourth-order valence-electron chi connectivity index (χ4n) is 2.80. The van der Waals surface area contributed by atoms with Gasteiger partial charge in [-0.25, -0.2) is 4.98 Å². The third kappa shape index (κ3) is 2.07. The van der Waals surface area contributed by atoms with Gasteiger partial charge in [0.2, 0.25) is 0 Å². The topological polar surface area (TPSA) is 59.8 Å². The second-order valence-corrected chi connectivity index (χ2v) is 6.02. The Balaban J connectivity index is 2.03. The first-order chi connectivity index (χ1) is 10.3. The van der Waals surface area contributed by atoms with Crippen molar-refractivity contribution in [3.05, 3.63) is 46.2 Å². The lowest BCUT2D eigenvalue weighted by atomic mass is 10.2. The lowest BCUT2D eigenvalue weighted by molar-refractivity contribution is 0.531. The van der Waals surface area contributed by atoms with E-state index in [9.17, 15) is 4.79 Å². The minimum Gasteiger partial charge on any atom is -0.315 e. The van der Waals surface area contributed by atoms with E-state index in [2.05, 4.69) is 10.3 Å². The van der Waals surface area contributed by atoms with Crippen molar-refractivity contribution in [3.8, 4) is 11.5 Å². The summed E-state index contributed by atoms with van der Waals surface area (Å²) in [7, 11) is 0. The number of hydrogen-bond acceptors (Lipinski definition) is 5. The van der Waals surface area contributed by atoms with Crippen molar-refractivity contribution in [2.45, 2.75) is 12.5 Å². The Morgan fingerprint density at radius 3 is 3.05 bits per heavy atom. The maximum atomic E-state index is 12.8. The summed E-state index contributed by atoms with van der Waals surface area (Å²) < 4.78 is 2.54. The molecule has 4 rings (SSSR count). The van der Waals surface area contributed by atoms with Crippen LogP contribution in [0.5, 0.6) is 0 Å². The highest BCUT2D eigenvalue weighted by Gasteiger charge is 2.23. The van der Waals surface area contributed by atoms with Gasteiger partial charge in [-0.15, -0.1) is 11.3 Å². The van der Waals surface area contributed by atoms with Crippen LogP contribution < -0.4 is 10.9 Å². The van der Waals surface area contributed by atoms with E-state index < -0.39 is 0 Å². The highest BCUT2D eigenvalue weighted by atomic mass is 32.1. The number of fused-ring (bicyclic) bond motifs is 1. The summed E-state index contributed by atoms with van der Waals surface area (Å²) in [5, 5.41) is 5.23. The normalized spacial score (nSPS) is 18.4. The summed E-state index contributed by atoms with van der Waals surface area (Å²) in [6.45, 7) is 1.74. The molecule has 0 bridgehead atoms. The fraction of sp³-hybridized carbons (Fsp3) is 0.267. The predicted molar refractivity (Wildman–Crippen MR) is 83.6 cm³/mol. The Bertz CT molecular complexity index is 834. The van der Waals surface area contributed by atoms with Crippen LogP contribution in [0.25, 0.3) is 21.7 Å². The van der Waals surface area contributed by atoms with Gasteiger partial charge in [0.1, 0.15) is 10.4 Å². The van der Waals surface area contributed by atoms with Gasteiger partial charge in [0, 0.05) is 12.7 Å². The summed E-state index contributed by atoms with van der Waals surface area (Å²) in [5.41, 5.74) is 1.55. The van der Waals surface area contributed by atoms with Gasteiger partial charge < -0.3 is 5.32 Å². The average Bonchev–Trinajstić information content (AvgIpc) is 3.19. The number of nitrogens with one attached hydrogen (secondary N) is 1. The second kappa shape index (κ2) is 5.05. The first-order valence-electron chi connectivity index (χ1n) is 6.96. The van der Waals surface area contributed by atoms with E-state index in [4.69, 9.17) is 4.98 Å². The number of aromatic nitrogens is 3. The van der Waals surface area contributed by atoms with E-state index in [0.29, 0.717) is 5.82 Å². The molecule has 1 aliphatic heterocycles. The molecule has 6 heteroatoms. The molecule has 1 atom stereocenters. The number of pyridine rings is 1. The van der Waals surface area contributed by atoms with E-state index in [0.717, 1.165) is 35.4 Å². The third-order valence-corrected chi connectivity index (χ3v) is 4.70. The lowest BCUT2D eigenvalue weighted by Gasteiger charge is -2.17. The molecule has 1 fully saturated rings. The van der Waals surface area contributed by atoms with E-state index in [1.54, 1.807) is 6.20 Å². The van der Waals surface area contributed by atoms with Gasteiger partial charge in [0.05, 0.1) is 11.6 Å². The van der Waals surface area contributed by atoms with E-state index in [1.165, 1.54) is 11.3 Å². The smallest absolute Gasteiger partial charge is 0.272 e. The minimum atomic E-state index is 0.0457. The third-order valence-electron chi connectivity index (χ3n) is 3.81. The largest absolute Gasteiger partial charge is 0.315 e. The van der Waals surface area contributed by atoms with Gasteiger partial charge in [-0.1, -0.05) is 6.07 Å². The number of nitrogens with zero attached hydrogens (tertiary/aromatic N) is 3. The van der Waals surface area contributed by atoms with Crippen LogP contribution in [0, 0.1) is 0 Å². The van der Waals surface area contributed by atoms with E-state index in [1.807, 2.05) is 34.2 Å². The molecule has 0 aromatic carbocycles. The quantitative estimate of drug-likeness (QED) is 0.786. The van der Waals surface area contributed by atoms with Gasteiger partial charge in [0.25, 0.3) is 5.56 Å². The Morgan fingerprint density at radius 1 is 1.33 bits per heavy atom. The first-order valence-corrected chi connectivity index (χ1v) is 7.84. The molecule has 1 unspecified atom stereocenters. The van der Waals surface area contributed by atoms with Crippen molar-refractivity contribution < 1.29 is 0 Å². The van der Waals surface area contributed by atoms with Crippen LogP contribution in [0.1, 0.15) is 12.5 Å². The molecule has 1 aliphatic rings. The van der Waals surface area contributed by atoms with Crippen molar-refractivity contribution >= 4 is 21.6 Å². The number of rotatable bonds is 2. The van der Waals surface area contributed by atoms with Crippen LogP contribution in [0.15, 0.2) is 40.6 Å². The van der Waals surface area contributed by atoms with E-state index >= 15 is 0 Å². The van der Waals surface area contributed by atoms with Gasteiger partial charge in [-0.3, -0.25) is 14.3 Å². The van der Waals surface area contributed by atoms with Crippen molar-refractivity contribution in [2.75, 3.05) is 13.1 Å². The summed E-state index contributed by atoms with van der Waals surface area (Å²) in [4.78, 5) is 21.9. The van der Waals surface area contributed by atoms with Crippen LogP contribution in [0.3, 0.4) is 0 Å². The molecule has 106 valence electrons. The highest BCUT2D eigenvalue weighted by Crippen LogP contribution is 2.24. The zero-order valence-electron chi connectivity index (χ0n) is 11.3. The maximum Gasteiger partial charge on any atom is 0.272 e. The average molecular weight is 298 g/mol. The monoisotopic (exact) mass is 298 g/mol.